The molecule has 1 aromatic heterocycles. The predicted octanol–water partition coefficient (Wildman–Crippen LogP) is 1.96. The summed E-state index contributed by atoms with van der Waals surface area (Å²) in [6, 6.07) is 7.22. The zero-order chi connectivity index (χ0) is 22.8. The van der Waals surface area contributed by atoms with Gasteiger partial charge in [-0.3, -0.25) is 19.1 Å². The highest BCUT2D eigenvalue weighted by molar-refractivity contribution is 6.01. The highest BCUT2D eigenvalue weighted by Gasteiger charge is 2.46. The van der Waals surface area contributed by atoms with Crippen molar-refractivity contribution in [3.63, 3.8) is 0 Å². The van der Waals surface area contributed by atoms with Crippen molar-refractivity contribution in [2.75, 3.05) is 13.6 Å². The van der Waals surface area contributed by atoms with Gasteiger partial charge in [-0.05, 0) is 37.0 Å². The van der Waals surface area contributed by atoms with Crippen LogP contribution in [0.5, 0.6) is 0 Å². The highest BCUT2D eigenvalue weighted by Crippen LogP contribution is 2.26. The largest absolute Gasteiger partial charge is 0.354 e. The molecule has 0 radical (unpaired) electrons. The molecule has 0 saturated heterocycles. The lowest BCUT2D eigenvalue weighted by Gasteiger charge is -2.40. The van der Waals surface area contributed by atoms with Gasteiger partial charge in [-0.1, -0.05) is 26.0 Å². The molecule has 1 aromatic carbocycles. The highest BCUT2D eigenvalue weighted by atomic mass is 19.1. The Balaban J connectivity index is 1.72. The molecule has 2 heterocycles. The van der Waals surface area contributed by atoms with Crippen LogP contribution in [0.4, 0.5) is 4.39 Å². The summed E-state index contributed by atoms with van der Waals surface area (Å²) in [6.07, 6.45) is 0.838. The van der Waals surface area contributed by atoms with E-state index in [0.717, 1.165) is 12.0 Å². The quantitative estimate of drug-likeness (QED) is 0.703. The number of carbonyl (C=O) groups excluding carboxylic acids is 3. The van der Waals surface area contributed by atoms with Crippen molar-refractivity contribution in [1.29, 1.82) is 0 Å². The van der Waals surface area contributed by atoms with Crippen LogP contribution in [0.25, 0.3) is 0 Å². The first-order valence-electron chi connectivity index (χ1n) is 10.3. The SMILES string of the molecule is CC(C)CCNC(=O)C1(C)Cn2nc(C(=O)NCc3ccc(F)cc3)cc2C(=O)N1C. The molecule has 0 spiro atoms. The van der Waals surface area contributed by atoms with E-state index >= 15 is 0 Å². The van der Waals surface area contributed by atoms with Crippen LogP contribution in [0.15, 0.2) is 30.3 Å². The number of hydrogen-bond acceptors (Lipinski definition) is 4. The molecule has 0 fully saturated rings. The maximum absolute atomic E-state index is 13.0. The summed E-state index contributed by atoms with van der Waals surface area (Å²) >= 11 is 0. The van der Waals surface area contributed by atoms with E-state index in [1.165, 1.54) is 27.8 Å². The summed E-state index contributed by atoms with van der Waals surface area (Å²) in [5.41, 5.74) is -0.0417. The van der Waals surface area contributed by atoms with E-state index in [4.69, 9.17) is 0 Å². The average Bonchev–Trinajstić information content (AvgIpc) is 3.15. The van der Waals surface area contributed by atoms with Crippen molar-refractivity contribution in [1.82, 2.24) is 25.3 Å². The molecule has 31 heavy (non-hydrogen) atoms. The van der Waals surface area contributed by atoms with Crippen LogP contribution in [-0.2, 0) is 17.9 Å². The molecule has 9 heteroatoms. The number of halogens is 1. The molecule has 1 aliphatic rings. The van der Waals surface area contributed by atoms with Gasteiger partial charge in [-0.15, -0.1) is 0 Å². The van der Waals surface area contributed by atoms with E-state index in [1.807, 2.05) is 0 Å². The Morgan fingerprint density at radius 2 is 1.90 bits per heavy atom. The zero-order valence-electron chi connectivity index (χ0n) is 18.2. The molecule has 1 atom stereocenters. The third-order valence-corrected chi connectivity index (χ3v) is 5.60. The Kier molecular flexibility index (Phi) is 6.42. The smallest absolute Gasteiger partial charge is 0.272 e. The molecule has 0 saturated carbocycles. The van der Waals surface area contributed by atoms with Gasteiger partial charge >= 0.3 is 0 Å². The summed E-state index contributed by atoms with van der Waals surface area (Å²) < 4.78 is 14.4. The number of amides is 3. The Labute approximate surface area is 180 Å². The lowest BCUT2D eigenvalue weighted by Crippen LogP contribution is -2.62. The first kappa shape index (κ1) is 22.5. The van der Waals surface area contributed by atoms with E-state index in [2.05, 4.69) is 29.6 Å². The first-order chi connectivity index (χ1) is 14.6. The topological polar surface area (TPSA) is 96.3 Å². The summed E-state index contributed by atoms with van der Waals surface area (Å²) in [5, 5.41) is 9.87. The molecule has 0 bridgehead atoms. The maximum Gasteiger partial charge on any atom is 0.272 e. The van der Waals surface area contributed by atoms with E-state index in [-0.39, 0.29) is 42.1 Å². The summed E-state index contributed by atoms with van der Waals surface area (Å²) in [6.45, 7) is 6.70. The van der Waals surface area contributed by atoms with Crippen LogP contribution in [0, 0.1) is 11.7 Å². The minimum Gasteiger partial charge on any atom is -0.354 e. The van der Waals surface area contributed by atoms with Crippen molar-refractivity contribution in [3.05, 3.63) is 53.1 Å². The number of aromatic nitrogens is 2. The van der Waals surface area contributed by atoms with Gasteiger partial charge in [0.1, 0.15) is 17.1 Å². The van der Waals surface area contributed by atoms with Crippen LogP contribution in [0.2, 0.25) is 0 Å². The van der Waals surface area contributed by atoms with Crippen LogP contribution in [0.3, 0.4) is 0 Å². The Bertz CT molecular complexity index is 986. The minimum atomic E-state index is -1.12. The van der Waals surface area contributed by atoms with Crippen LogP contribution < -0.4 is 10.6 Å². The van der Waals surface area contributed by atoms with E-state index in [9.17, 15) is 18.8 Å². The third-order valence-electron chi connectivity index (χ3n) is 5.60. The van der Waals surface area contributed by atoms with Crippen LogP contribution >= 0.6 is 0 Å². The summed E-state index contributed by atoms with van der Waals surface area (Å²) in [5.74, 6) is -0.988. The van der Waals surface area contributed by atoms with Crippen molar-refractivity contribution in [2.45, 2.75) is 45.8 Å². The van der Waals surface area contributed by atoms with Crippen molar-refractivity contribution in [2.24, 2.45) is 5.92 Å². The molecule has 0 aliphatic carbocycles. The Hall–Kier alpha value is -3.23. The minimum absolute atomic E-state index is 0.0864. The second kappa shape index (κ2) is 8.87. The second-order valence-electron chi connectivity index (χ2n) is 8.46. The molecule has 8 nitrogen and oxygen atoms in total. The van der Waals surface area contributed by atoms with E-state index < -0.39 is 11.4 Å². The Morgan fingerprint density at radius 1 is 1.23 bits per heavy atom. The molecular weight excluding hydrogens is 401 g/mol. The van der Waals surface area contributed by atoms with Crippen molar-refractivity contribution >= 4 is 17.7 Å². The zero-order valence-corrected chi connectivity index (χ0v) is 18.2. The van der Waals surface area contributed by atoms with Crippen LogP contribution in [-0.4, -0.2) is 51.5 Å². The number of fused-ring (bicyclic) bond motifs is 1. The van der Waals surface area contributed by atoms with E-state index in [0.29, 0.717) is 12.5 Å². The number of carbonyl (C=O) groups is 3. The van der Waals surface area contributed by atoms with Gasteiger partial charge < -0.3 is 15.5 Å². The molecule has 1 aliphatic heterocycles. The number of benzene rings is 1. The molecule has 166 valence electrons. The van der Waals surface area contributed by atoms with Gasteiger partial charge in [-0.2, -0.15) is 5.10 Å². The second-order valence-corrected chi connectivity index (χ2v) is 8.46. The molecule has 1 unspecified atom stereocenters. The fourth-order valence-electron chi connectivity index (χ4n) is 3.38. The fourth-order valence-corrected chi connectivity index (χ4v) is 3.38. The number of rotatable bonds is 7. The number of nitrogens with zero attached hydrogens (tertiary/aromatic N) is 3. The number of nitrogens with one attached hydrogen (secondary N) is 2. The predicted molar refractivity (Wildman–Crippen MR) is 113 cm³/mol. The number of likely N-dealkylation sites (N-methyl/N-ethyl adjacent to an activating group) is 1. The fraction of sp³-hybridized carbons (Fsp3) is 0.455. The molecule has 2 N–H and O–H groups in total. The van der Waals surface area contributed by atoms with E-state index in [1.54, 1.807) is 26.1 Å². The van der Waals surface area contributed by atoms with Gasteiger partial charge in [0.05, 0.1) is 6.54 Å². The summed E-state index contributed by atoms with van der Waals surface area (Å²) in [4.78, 5) is 39.6. The van der Waals surface area contributed by atoms with Crippen molar-refractivity contribution in [3.8, 4) is 0 Å². The normalized spacial score (nSPS) is 18.1. The molecule has 3 amide bonds. The summed E-state index contributed by atoms with van der Waals surface area (Å²) in [7, 11) is 1.58. The molecule has 2 aromatic rings. The van der Waals surface area contributed by atoms with Gasteiger partial charge in [0, 0.05) is 26.2 Å². The molecule has 3 rings (SSSR count). The maximum atomic E-state index is 13.0. The van der Waals surface area contributed by atoms with Crippen LogP contribution in [0.1, 0.15) is 53.7 Å². The molecular formula is C22H28FN5O3. The van der Waals surface area contributed by atoms with Crippen molar-refractivity contribution < 1.29 is 18.8 Å². The standard InChI is InChI=1S/C22H28FN5O3/c1-14(2)9-10-24-21(31)22(3)13-28-18(20(30)27(22)4)11-17(26-28)19(29)25-12-15-5-7-16(23)8-6-15/h5-8,11,14H,9-10,12-13H2,1-4H3,(H,24,31)(H,25,29). The lowest BCUT2D eigenvalue weighted by molar-refractivity contribution is -0.132. The van der Waals surface area contributed by atoms with Gasteiger partial charge in [-0.25, -0.2) is 4.39 Å². The van der Waals surface area contributed by atoms with Gasteiger partial charge in [0.25, 0.3) is 11.8 Å². The monoisotopic (exact) mass is 429 g/mol. The van der Waals surface area contributed by atoms with Gasteiger partial charge in [0.2, 0.25) is 5.91 Å². The van der Waals surface area contributed by atoms with Gasteiger partial charge in [0.15, 0.2) is 5.69 Å². The number of hydrogen-bond donors (Lipinski definition) is 2. The average molecular weight is 429 g/mol. The third kappa shape index (κ3) is 4.76. The lowest BCUT2D eigenvalue weighted by atomic mass is 9.95. The first-order valence-corrected chi connectivity index (χ1v) is 10.3. The Morgan fingerprint density at radius 3 is 2.55 bits per heavy atom.